The lowest BCUT2D eigenvalue weighted by Crippen LogP contribution is -2.42. The van der Waals surface area contributed by atoms with E-state index in [0.29, 0.717) is 32.4 Å². The second kappa shape index (κ2) is 4.75. The van der Waals surface area contributed by atoms with Crippen molar-refractivity contribution in [2.45, 2.75) is 38.7 Å². The van der Waals surface area contributed by atoms with Gasteiger partial charge in [0, 0.05) is 33.0 Å². The highest BCUT2D eigenvalue weighted by Gasteiger charge is 2.27. The maximum absolute atomic E-state index is 11.8. The molecule has 1 fully saturated rings. The molecule has 0 aromatic carbocycles. The van der Waals surface area contributed by atoms with Gasteiger partial charge in [-0.25, -0.2) is 0 Å². The molecule has 0 radical (unpaired) electrons. The van der Waals surface area contributed by atoms with Crippen molar-refractivity contribution in [1.82, 2.24) is 4.90 Å². The predicted octanol–water partition coefficient (Wildman–Crippen LogP) is 0.993. The van der Waals surface area contributed by atoms with Crippen LogP contribution in [-0.2, 0) is 14.3 Å². The highest BCUT2D eigenvalue weighted by molar-refractivity contribution is 5.83. The number of amides is 1. The van der Waals surface area contributed by atoms with E-state index in [4.69, 9.17) is 4.74 Å². The molecule has 1 rings (SSSR count). The second-order valence-corrected chi connectivity index (χ2v) is 4.56. The average molecular weight is 213 g/mol. The number of nitrogens with zero attached hydrogens (tertiary/aromatic N) is 1. The molecule has 0 spiro atoms. The first-order chi connectivity index (χ1) is 6.94. The van der Waals surface area contributed by atoms with Gasteiger partial charge in [0.1, 0.15) is 5.78 Å². The molecular formula is C11H19NO3. The maximum atomic E-state index is 11.8. The predicted molar refractivity (Wildman–Crippen MR) is 56.5 cm³/mol. The van der Waals surface area contributed by atoms with Gasteiger partial charge in [-0.05, 0) is 13.8 Å². The largest absolute Gasteiger partial charge is 0.378 e. The highest BCUT2D eigenvalue weighted by Crippen LogP contribution is 2.16. The molecule has 1 aliphatic rings. The average Bonchev–Trinajstić information content (AvgIpc) is 2.18. The Balaban J connectivity index is 2.44. The molecule has 0 atom stereocenters. The zero-order valence-electron chi connectivity index (χ0n) is 9.71. The number of ketones is 1. The Morgan fingerprint density at radius 1 is 1.40 bits per heavy atom. The summed E-state index contributed by atoms with van der Waals surface area (Å²) in [6.07, 6.45) is 1.37. The normalized spacial score (nSPS) is 18.1. The molecule has 0 N–H and O–H groups in total. The molecule has 0 saturated carbocycles. The summed E-state index contributed by atoms with van der Waals surface area (Å²) in [5.74, 6) is 0.333. The van der Waals surface area contributed by atoms with Gasteiger partial charge in [0.15, 0.2) is 0 Å². The van der Waals surface area contributed by atoms with Gasteiger partial charge in [-0.2, -0.15) is 0 Å². The van der Waals surface area contributed by atoms with Crippen LogP contribution in [0.4, 0.5) is 0 Å². The number of methoxy groups -OCH3 is 1. The SMILES string of the molecule is COC(C)(C)CC(=O)N1CCC(=O)CC1. The number of piperidine rings is 1. The Bertz CT molecular complexity index is 251. The van der Waals surface area contributed by atoms with Gasteiger partial charge in [-0.15, -0.1) is 0 Å². The third-order valence-electron chi connectivity index (χ3n) is 2.80. The van der Waals surface area contributed by atoms with Crippen LogP contribution in [0, 0.1) is 0 Å². The number of rotatable bonds is 3. The Kier molecular flexibility index (Phi) is 3.85. The molecule has 1 aliphatic heterocycles. The van der Waals surface area contributed by atoms with Gasteiger partial charge in [0.25, 0.3) is 0 Å². The summed E-state index contributed by atoms with van der Waals surface area (Å²) >= 11 is 0. The smallest absolute Gasteiger partial charge is 0.225 e. The lowest BCUT2D eigenvalue weighted by atomic mass is 10.0. The van der Waals surface area contributed by atoms with Crippen LogP contribution in [0.3, 0.4) is 0 Å². The fourth-order valence-electron chi connectivity index (χ4n) is 1.55. The second-order valence-electron chi connectivity index (χ2n) is 4.56. The third kappa shape index (κ3) is 3.63. The fraction of sp³-hybridized carbons (Fsp3) is 0.818. The molecule has 1 saturated heterocycles. The number of likely N-dealkylation sites (tertiary alicyclic amines) is 1. The molecule has 1 heterocycles. The van der Waals surface area contributed by atoms with Crippen molar-refractivity contribution in [1.29, 1.82) is 0 Å². The molecule has 0 bridgehead atoms. The Morgan fingerprint density at radius 3 is 2.40 bits per heavy atom. The quantitative estimate of drug-likeness (QED) is 0.702. The zero-order valence-corrected chi connectivity index (χ0v) is 9.71. The molecule has 4 nitrogen and oxygen atoms in total. The number of ether oxygens (including phenoxy) is 1. The molecule has 0 aliphatic carbocycles. The van der Waals surface area contributed by atoms with Gasteiger partial charge in [-0.3, -0.25) is 9.59 Å². The molecule has 15 heavy (non-hydrogen) atoms. The summed E-state index contributed by atoms with van der Waals surface area (Å²) in [7, 11) is 1.60. The number of hydrogen-bond acceptors (Lipinski definition) is 3. The third-order valence-corrected chi connectivity index (χ3v) is 2.80. The van der Waals surface area contributed by atoms with Crippen LogP contribution in [0.2, 0.25) is 0 Å². The number of carbonyl (C=O) groups excluding carboxylic acids is 2. The van der Waals surface area contributed by atoms with E-state index in [9.17, 15) is 9.59 Å². The summed E-state index contributed by atoms with van der Waals surface area (Å²) in [6, 6.07) is 0. The van der Waals surface area contributed by atoms with Crippen LogP contribution < -0.4 is 0 Å². The van der Waals surface area contributed by atoms with Crippen LogP contribution >= 0.6 is 0 Å². The Labute approximate surface area is 90.6 Å². The summed E-state index contributed by atoms with van der Waals surface area (Å²) < 4.78 is 5.21. The minimum atomic E-state index is -0.418. The van der Waals surface area contributed by atoms with Crippen molar-refractivity contribution < 1.29 is 14.3 Å². The topological polar surface area (TPSA) is 46.6 Å². The summed E-state index contributed by atoms with van der Waals surface area (Å²) in [5, 5.41) is 0. The van der Waals surface area contributed by atoms with Crippen LogP contribution in [0.15, 0.2) is 0 Å². The van der Waals surface area contributed by atoms with Gasteiger partial charge < -0.3 is 9.64 Å². The molecule has 1 amide bonds. The molecule has 86 valence electrons. The van der Waals surface area contributed by atoms with Gasteiger partial charge in [0.2, 0.25) is 5.91 Å². The van der Waals surface area contributed by atoms with Crippen LogP contribution in [-0.4, -0.2) is 42.4 Å². The minimum Gasteiger partial charge on any atom is -0.378 e. The van der Waals surface area contributed by atoms with Crippen molar-refractivity contribution in [3.05, 3.63) is 0 Å². The van der Waals surface area contributed by atoms with Crippen molar-refractivity contribution in [3.63, 3.8) is 0 Å². The fourth-order valence-corrected chi connectivity index (χ4v) is 1.55. The summed E-state index contributed by atoms with van der Waals surface area (Å²) in [6.45, 7) is 4.91. The first-order valence-electron chi connectivity index (χ1n) is 5.29. The van der Waals surface area contributed by atoms with E-state index in [1.165, 1.54) is 0 Å². The molecule has 0 aromatic heterocycles. The van der Waals surface area contributed by atoms with E-state index in [2.05, 4.69) is 0 Å². The lowest BCUT2D eigenvalue weighted by Gasteiger charge is -2.30. The first-order valence-corrected chi connectivity index (χ1v) is 5.29. The van der Waals surface area contributed by atoms with Crippen LogP contribution in [0.1, 0.15) is 33.1 Å². The summed E-state index contributed by atoms with van der Waals surface area (Å²) in [5.41, 5.74) is -0.418. The Hall–Kier alpha value is -0.900. The van der Waals surface area contributed by atoms with E-state index >= 15 is 0 Å². The summed E-state index contributed by atoms with van der Waals surface area (Å²) in [4.78, 5) is 24.6. The van der Waals surface area contributed by atoms with E-state index < -0.39 is 5.60 Å². The standard InChI is InChI=1S/C11H19NO3/c1-11(2,15-3)8-10(14)12-6-4-9(13)5-7-12/h4-8H2,1-3H3. The van der Waals surface area contributed by atoms with Gasteiger partial charge in [0.05, 0.1) is 12.0 Å². The monoisotopic (exact) mass is 213 g/mol. The number of hydrogen-bond donors (Lipinski definition) is 0. The molecule has 0 unspecified atom stereocenters. The van der Waals surface area contributed by atoms with Gasteiger partial charge in [-0.1, -0.05) is 0 Å². The number of carbonyl (C=O) groups is 2. The molecule has 0 aromatic rings. The Morgan fingerprint density at radius 2 is 1.93 bits per heavy atom. The van der Waals surface area contributed by atoms with Crippen molar-refractivity contribution in [2.24, 2.45) is 0 Å². The van der Waals surface area contributed by atoms with E-state index in [1.807, 2.05) is 13.8 Å². The molecule has 4 heteroatoms. The lowest BCUT2D eigenvalue weighted by molar-refractivity contribution is -0.139. The molecular weight excluding hydrogens is 194 g/mol. The van der Waals surface area contributed by atoms with Crippen molar-refractivity contribution in [3.8, 4) is 0 Å². The van der Waals surface area contributed by atoms with Gasteiger partial charge >= 0.3 is 0 Å². The van der Waals surface area contributed by atoms with Crippen LogP contribution in [0.5, 0.6) is 0 Å². The van der Waals surface area contributed by atoms with Crippen LogP contribution in [0.25, 0.3) is 0 Å². The highest BCUT2D eigenvalue weighted by atomic mass is 16.5. The van der Waals surface area contributed by atoms with Crippen molar-refractivity contribution in [2.75, 3.05) is 20.2 Å². The maximum Gasteiger partial charge on any atom is 0.225 e. The van der Waals surface area contributed by atoms with E-state index in [-0.39, 0.29) is 11.7 Å². The van der Waals surface area contributed by atoms with E-state index in [1.54, 1.807) is 12.0 Å². The van der Waals surface area contributed by atoms with Crippen molar-refractivity contribution >= 4 is 11.7 Å². The van der Waals surface area contributed by atoms with E-state index in [0.717, 1.165) is 0 Å². The first kappa shape index (κ1) is 12.2. The zero-order chi connectivity index (χ0) is 11.5. The number of Topliss-reactive ketones (excluding diaryl/α,β-unsaturated/α-hetero) is 1. The minimum absolute atomic E-state index is 0.0781.